The molecule has 0 fully saturated rings. The van der Waals surface area contributed by atoms with E-state index in [2.05, 4.69) is 4.72 Å². The molecule has 2 aromatic carbocycles. The van der Waals surface area contributed by atoms with E-state index in [9.17, 15) is 18.3 Å². The molecule has 0 aliphatic rings. The zero-order valence-corrected chi connectivity index (χ0v) is 16.5. The van der Waals surface area contributed by atoms with Crippen LogP contribution in [-0.4, -0.2) is 39.1 Å². The Balaban J connectivity index is 1.81. The third-order valence-electron chi connectivity index (χ3n) is 3.87. The number of sulfonamides is 1. The number of ketones is 1. The van der Waals surface area contributed by atoms with Crippen LogP contribution < -0.4 is 9.46 Å². The molecule has 1 atom stereocenters. The first-order valence-corrected chi connectivity index (χ1v) is 10.3. The van der Waals surface area contributed by atoms with Crippen molar-refractivity contribution in [2.45, 2.75) is 30.3 Å². The number of benzene rings is 2. The third-order valence-corrected chi connectivity index (χ3v) is 5.52. The molecule has 0 amide bonds. The highest BCUT2D eigenvalue weighted by atomic mass is 35.5. The van der Waals surface area contributed by atoms with Crippen molar-refractivity contribution in [2.75, 3.05) is 13.7 Å². The molecule has 0 bridgehead atoms. The summed E-state index contributed by atoms with van der Waals surface area (Å²) in [4.78, 5) is 12.1. The molecule has 0 spiro atoms. The molecule has 27 heavy (non-hydrogen) atoms. The van der Waals surface area contributed by atoms with E-state index in [1.54, 1.807) is 24.3 Å². The molecule has 0 radical (unpaired) electrons. The Hall–Kier alpha value is -1.93. The Labute approximate surface area is 164 Å². The Morgan fingerprint density at radius 2 is 1.96 bits per heavy atom. The average Bonchev–Trinajstić information content (AvgIpc) is 2.65. The minimum atomic E-state index is -3.57. The highest BCUT2D eigenvalue weighted by Crippen LogP contribution is 2.18. The molecule has 0 aliphatic carbocycles. The molecule has 2 aromatic rings. The number of nitrogens with one attached hydrogen (secondary N) is 1. The van der Waals surface area contributed by atoms with E-state index in [-0.39, 0.29) is 23.7 Å². The normalized spacial score (nSPS) is 12.6. The Kier molecular flexibility index (Phi) is 7.79. The van der Waals surface area contributed by atoms with Gasteiger partial charge >= 0.3 is 0 Å². The van der Waals surface area contributed by atoms with Crippen molar-refractivity contribution in [1.82, 2.24) is 4.72 Å². The largest absolute Gasteiger partial charge is 0.491 e. The van der Waals surface area contributed by atoms with Crippen molar-refractivity contribution in [2.24, 2.45) is 0 Å². The first-order valence-electron chi connectivity index (χ1n) is 8.41. The fourth-order valence-electron chi connectivity index (χ4n) is 2.44. The minimum absolute atomic E-state index is 0.0327. The van der Waals surface area contributed by atoms with Gasteiger partial charge in [0.15, 0.2) is 0 Å². The van der Waals surface area contributed by atoms with Gasteiger partial charge < -0.3 is 9.84 Å². The number of aryl methyl sites for hydroxylation is 1. The summed E-state index contributed by atoms with van der Waals surface area (Å²) >= 11 is 5.91. The second kappa shape index (κ2) is 9.85. The van der Waals surface area contributed by atoms with Crippen molar-refractivity contribution in [3.05, 3.63) is 59.1 Å². The van der Waals surface area contributed by atoms with Crippen LogP contribution in [0.2, 0.25) is 5.02 Å². The lowest BCUT2D eigenvalue weighted by molar-refractivity contribution is -0.121. The van der Waals surface area contributed by atoms with Crippen LogP contribution in [0.15, 0.2) is 53.4 Å². The number of hydrogen-bond acceptors (Lipinski definition) is 5. The standard InChI is InChI=1S/C19H22ClNO5S/c1-21-27(24,25)19-7-3-6-18(12-19)26-13-17(23)11-16(22)9-8-14-4-2-5-15(20)10-14/h2-7,10,12,17,21,23H,8-9,11,13H2,1H3/t17-/m0/s1. The zero-order valence-electron chi connectivity index (χ0n) is 14.9. The number of aliphatic hydroxyl groups excluding tert-OH is 1. The van der Waals surface area contributed by atoms with Gasteiger partial charge in [-0.05, 0) is 43.3 Å². The molecule has 0 saturated heterocycles. The maximum Gasteiger partial charge on any atom is 0.240 e. The summed E-state index contributed by atoms with van der Waals surface area (Å²) in [5.74, 6) is 0.217. The monoisotopic (exact) mass is 411 g/mol. The van der Waals surface area contributed by atoms with Crippen LogP contribution in [0.25, 0.3) is 0 Å². The maximum atomic E-state index is 12.0. The summed E-state index contributed by atoms with van der Waals surface area (Å²) < 4.78 is 31.2. The smallest absolute Gasteiger partial charge is 0.240 e. The summed E-state index contributed by atoms with van der Waals surface area (Å²) in [6.45, 7) is -0.105. The van der Waals surface area contributed by atoms with E-state index in [0.717, 1.165) is 5.56 Å². The molecular weight excluding hydrogens is 390 g/mol. The van der Waals surface area contributed by atoms with Crippen LogP contribution in [0.5, 0.6) is 5.75 Å². The molecule has 0 aliphatic heterocycles. The van der Waals surface area contributed by atoms with Crippen molar-refractivity contribution in [3.8, 4) is 5.75 Å². The highest BCUT2D eigenvalue weighted by molar-refractivity contribution is 7.89. The molecular formula is C19H22ClNO5S. The van der Waals surface area contributed by atoms with Gasteiger partial charge in [-0.15, -0.1) is 0 Å². The number of hydrogen-bond donors (Lipinski definition) is 2. The van der Waals surface area contributed by atoms with Gasteiger partial charge in [0, 0.05) is 23.9 Å². The highest BCUT2D eigenvalue weighted by Gasteiger charge is 2.14. The predicted molar refractivity (Wildman–Crippen MR) is 104 cm³/mol. The molecule has 0 saturated carbocycles. The van der Waals surface area contributed by atoms with Gasteiger partial charge in [0.25, 0.3) is 0 Å². The fraction of sp³-hybridized carbons (Fsp3) is 0.316. The number of rotatable bonds is 10. The van der Waals surface area contributed by atoms with Crippen LogP contribution in [0.1, 0.15) is 18.4 Å². The lowest BCUT2D eigenvalue weighted by Crippen LogP contribution is -2.22. The van der Waals surface area contributed by atoms with Crippen molar-refractivity contribution in [3.63, 3.8) is 0 Å². The first kappa shape index (κ1) is 21.4. The number of aliphatic hydroxyl groups is 1. The second-order valence-corrected chi connectivity index (χ2v) is 8.34. The molecule has 146 valence electrons. The molecule has 0 unspecified atom stereocenters. The molecule has 2 N–H and O–H groups in total. The summed E-state index contributed by atoms with van der Waals surface area (Å²) in [6.07, 6.45) is -0.152. The number of Topliss-reactive ketones (excluding diaryl/α,β-unsaturated/α-hetero) is 1. The van der Waals surface area contributed by atoms with E-state index in [1.807, 2.05) is 12.1 Å². The van der Waals surface area contributed by atoms with Gasteiger partial charge in [0.05, 0.1) is 11.0 Å². The SMILES string of the molecule is CNS(=O)(=O)c1cccc(OC[C@@H](O)CC(=O)CCc2cccc(Cl)c2)c1. The van der Waals surface area contributed by atoms with E-state index in [0.29, 0.717) is 23.6 Å². The first-order chi connectivity index (χ1) is 12.8. The van der Waals surface area contributed by atoms with Crippen molar-refractivity contribution < 1.29 is 23.1 Å². The van der Waals surface area contributed by atoms with Crippen molar-refractivity contribution in [1.29, 1.82) is 0 Å². The second-order valence-electron chi connectivity index (χ2n) is 6.02. The summed E-state index contributed by atoms with van der Waals surface area (Å²) in [5, 5.41) is 10.6. The van der Waals surface area contributed by atoms with Crippen LogP contribution in [-0.2, 0) is 21.2 Å². The van der Waals surface area contributed by atoms with E-state index < -0.39 is 16.1 Å². The summed E-state index contributed by atoms with van der Waals surface area (Å²) in [5.41, 5.74) is 0.962. The lowest BCUT2D eigenvalue weighted by atomic mass is 10.0. The quantitative estimate of drug-likeness (QED) is 0.626. The number of carbonyl (C=O) groups is 1. The van der Waals surface area contributed by atoms with Gasteiger partial charge in [-0.2, -0.15) is 0 Å². The lowest BCUT2D eigenvalue weighted by Gasteiger charge is -2.13. The van der Waals surface area contributed by atoms with Gasteiger partial charge in [-0.1, -0.05) is 29.8 Å². The fourth-order valence-corrected chi connectivity index (χ4v) is 3.42. The Morgan fingerprint density at radius 3 is 2.67 bits per heavy atom. The van der Waals surface area contributed by atoms with Gasteiger partial charge in [-0.3, -0.25) is 4.79 Å². The molecule has 6 nitrogen and oxygen atoms in total. The number of halogens is 1. The summed E-state index contributed by atoms with van der Waals surface area (Å²) in [6, 6.07) is 13.2. The van der Waals surface area contributed by atoms with E-state index >= 15 is 0 Å². The van der Waals surface area contributed by atoms with Gasteiger partial charge in [0.2, 0.25) is 10.0 Å². The average molecular weight is 412 g/mol. The maximum absolute atomic E-state index is 12.0. The van der Waals surface area contributed by atoms with Crippen molar-refractivity contribution >= 4 is 27.4 Å². The van der Waals surface area contributed by atoms with Crippen LogP contribution in [0.4, 0.5) is 0 Å². The predicted octanol–water partition coefficient (Wildman–Crippen LogP) is 2.58. The molecule has 0 aromatic heterocycles. The van der Waals surface area contributed by atoms with Crippen LogP contribution in [0.3, 0.4) is 0 Å². The summed E-state index contributed by atoms with van der Waals surface area (Å²) in [7, 11) is -2.25. The molecule has 8 heteroatoms. The number of carbonyl (C=O) groups excluding carboxylic acids is 1. The van der Waals surface area contributed by atoms with Crippen LogP contribution in [0, 0.1) is 0 Å². The Morgan fingerprint density at radius 1 is 1.22 bits per heavy atom. The van der Waals surface area contributed by atoms with Gasteiger partial charge in [-0.25, -0.2) is 13.1 Å². The Bertz CT molecular complexity index is 885. The topological polar surface area (TPSA) is 92.7 Å². The number of ether oxygens (including phenoxy) is 1. The zero-order chi connectivity index (χ0) is 19.9. The van der Waals surface area contributed by atoms with E-state index in [4.69, 9.17) is 16.3 Å². The van der Waals surface area contributed by atoms with Crippen LogP contribution >= 0.6 is 11.6 Å². The minimum Gasteiger partial charge on any atom is -0.491 e. The molecule has 2 rings (SSSR count). The third kappa shape index (κ3) is 6.95. The van der Waals surface area contributed by atoms with E-state index in [1.165, 1.54) is 19.2 Å². The molecule has 0 heterocycles. The van der Waals surface area contributed by atoms with Gasteiger partial charge in [0.1, 0.15) is 18.1 Å².